The fourth-order valence-corrected chi connectivity index (χ4v) is 3.79. The van der Waals surface area contributed by atoms with Crippen molar-refractivity contribution in [1.82, 2.24) is 5.32 Å². The molecule has 0 bridgehead atoms. The second-order valence-electron chi connectivity index (χ2n) is 6.65. The van der Waals surface area contributed by atoms with Gasteiger partial charge in [-0.15, -0.1) is 0 Å². The summed E-state index contributed by atoms with van der Waals surface area (Å²) in [6, 6.07) is 0.757. The molecule has 0 saturated carbocycles. The van der Waals surface area contributed by atoms with E-state index in [2.05, 4.69) is 44.8 Å². The Bertz CT molecular complexity index is 192. The molecule has 1 saturated heterocycles. The molecule has 1 unspecified atom stereocenters. The standard InChI is InChI=1S/C15H31NS/c1-5-16-14(6-9-15(2,3)4)12-13-7-10-17-11-8-13/h13-14,16H,5-12H2,1-4H3. The molecule has 1 aliphatic rings. The van der Waals surface area contributed by atoms with Gasteiger partial charge in [-0.1, -0.05) is 27.7 Å². The van der Waals surface area contributed by atoms with Crippen LogP contribution in [0.2, 0.25) is 0 Å². The van der Waals surface area contributed by atoms with Crippen molar-refractivity contribution >= 4 is 11.8 Å². The third-order valence-electron chi connectivity index (χ3n) is 3.69. The summed E-state index contributed by atoms with van der Waals surface area (Å²) in [5.41, 5.74) is 0.482. The Hall–Kier alpha value is 0.310. The molecular weight excluding hydrogens is 226 g/mol. The van der Waals surface area contributed by atoms with Crippen LogP contribution in [0.3, 0.4) is 0 Å². The van der Waals surface area contributed by atoms with Gasteiger partial charge in [0.2, 0.25) is 0 Å². The smallest absolute Gasteiger partial charge is 0.00697 e. The summed E-state index contributed by atoms with van der Waals surface area (Å²) in [4.78, 5) is 0. The Kier molecular flexibility index (Phi) is 6.94. The highest BCUT2D eigenvalue weighted by Gasteiger charge is 2.20. The third kappa shape index (κ3) is 7.35. The highest BCUT2D eigenvalue weighted by atomic mass is 32.2. The van der Waals surface area contributed by atoms with Crippen LogP contribution in [0.1, 0.15) is 59.8 Å². The average Bonchev–Trinajstić information content (AvgIpc) is 2.27. The van der Waals surface area contributed by atoms with E-state index in [1.807, 2.05) is 0 Å². The Balaban J connectivity index is 2.31. The third-order valence-corrected chi connectivity index (χ3v) is 4.74. The lowest BCUT2D eigenvalue weighted by atomic mass is 9.85. The summed E-state index contributed by atoms with van der Waals surface area (Å²) < 4.78 is 0. The van der Waals surface area contributed by atoms with Gasteiger partial charge >= 0.3 is 0 Å². The van der Waals surface area contributed by atoms with E-state index in [9.17, 15) is 0 Å². The van der Waals surface area contributed by atoms with Crippen LogP contribution in [0.5, 0.6) is 0 Å². The van der Waals surface area contributed by atoms with E-state index in [0.29, 0.717) is 5.41 Å². The number of hydrogen-bond acceptors (Lipinski definition) is 2. The molecular formula is C15H31NS. The summed E-state index contributed by atoms with van der Waals surface area (Å²) in [5.74, 6) is 3.77. The maximum atomic E-state index is 3.70. The molecule has 1 nitrogen and oxygen atoms in total. The first-order chi connectivity index (χ1) is 8.01. The summed E-state index contributed by atoms with van der Waals surface area (Å²) in [5, 5.41) is 3.70. The van der Waals surface area contributed by atoms with Gasteiger partial charge in [-0.25, -0.2) is 0 Å². The predicted octanol–water partition coefficient (Wildman–Crippen LogP) is 4.32. The topological polar surface area (TPSA) is 12.0 Å². The fourth-order valence-electron chi connectivity index (χ4n) is 2.58. The minimum Gasteiger partial charge on any atom is -0.314 e. The molecule has 17 heavy (non-hydrogen) atoms. The zero-order valence-corrected chi connectivity index (χ0v) is 13.0. The van der Waals surface area contributed by atoms with Crippen LogP contribution in [-0.2, 0) is 0 Å². The number of rotatable bonds is 6. The van der Waals surface area contributed by atoms with Gasteiger partial charge < -0.3 is 5.32 Å². The molecule has 1 rings (SSSR count). The van der Waals surface area contributed by atoms with Crippen molar-refractivity contribution in [3.63, 3.8) is 0 Å². The summed E-state index contributed by atoms with van der Waals surface area (Å²) in [6.07, 6.45) is 6.99. The highest BCUT2D eigenvalue weighted by molar-refractivity contribution is 7.99. The first-order valence-corrected chi connectivity index (χ1v) is 8.48. The van der Waals surface area contributed by atoms with E-state index in [4.69, 9.17) is 0 Å². The average molecular weight is 257 g/mol. The normalized spacial score (nSPS) is 20.5. The molecule has 1 aliphatic heterocycles. The second kappa shape index (κ2) is 7.68. The van der Waals surface area contributed by atoms with E-state index < -0.39 is 0 Å². The van der Waals surface area contributed by atoms with Crippen molar-refractivity contribution in [2.24, 2.45) is 11.3 Å². The van der Waals surface area contributed by atoms with E-state index in [-0.39, 0.29) is 0 Å². The van der Waals surface area contributed by atoms with Gasteiger partial charge in [0.05, 0.1) is 0 Å². The van der Waals surface area contributed by atoms with E-state index in [0.717, 1.165) is 18.5 Å². The highest BCUT2D eigenvalue weighted by Crippen LogP contribution is 2.29. The van der Waals surface area contributed by atoms with Crippen LogP contribution < -0.4 is 5.32 Å². The molecule has 1 atom stereocenters. The largest absolute Gasteiger partial charge is 0.314 e. The molecule has 0 aliphatic carbocycles. The van der Waals surface area contributed by atoms with E-state index >= 15 is 0 Å². The van der Waals surface area contributed by atoms with Crippen LogP contribution in [0, 0.1) is 11.3 Å². The van der Waals surface area contributed by atoms with Crippen molar-refractivity contribution in [3.05, 3.63) is 0 Å². The maximum Gasteiger partial charge on any atom is 0.00697 e. The molecule has 0 radical (unpaired) electrons. The molecule has 0 amide bonds. The number of hydrogen-bond donors (Lipinski definition) is 1. The Morgan fingerprint density at radius 1 is 1.24 bits per heavy atom. The summed E-state index contributed by atoms with van der Waals surface area (Å²) in [6.45, 7) is 10.4. The summed E-state index contributed by atoms with van der Waals surface area (Å²) >= 11 is 2.14. The molecule has 1 fully saturated rings. The molecule has 0 aromatic carbocycles. The second-order valence-corrected chi connectivity index (χ2v) is 7.87. The minimum atomic E-state index is 0.482. The lowest BCUT2D eigenvalue weighted by molar-refractivity contribution is 0.295. The quantitative estimate of drug-likeness (QED) is 0.760. The van der Waals surface area contributed by atoms with Gasteiger partial charge in [-0.2, -0.15) is 11.8 Å². The first-order valence-electron chi connectivity index (χ1n) is 7.32. The van der Waals surface area contributed by atoms with Crippen molar-refractivity contribution in [3.8, 4) is 0 Å². The fraction of sp³-hybridized carbons (Fsp3) is 1.00. The Morgan fingerprint density at radius 3 is 2.41 bits per heavy atom. The van der Waals surface area contributed by atoms with Gasteiger partial charge in [-0.3, -0.25) is 0 Å². The van der Waals surface area contributed by atoms with Crippen molar-refractivity contribution in [1.29, 1.82) is 0 Å². The van der Waals surface area contributed by atoms with Gasteiger partial charge in [-0.05, 0) is 61.5 Å². The van der Waals surface area contributed by atoms with E-state index in [1.54, 1.807) is 0 Å². The van der Waals surface area contributed by atoms with Crippen LogP contribution in [0.25, 0.3) is 0 Å². The molecule has 1 heterocycles. The number of thioether (sulfide) groups is 1. The summed E-state index contributed by atoms with van der Waals surface area (Å²) in [7, 11) is 0. The molecule has 0 aromatic rings. The molecule has 0 aromatic heterocycles. The maximum absolute atomic E-state index is 3.70. The SMILES string of the molecule is CCNC(CCC(C)(C)C)CC1CCSCC1. The lowest BCUT2D eigenvalue weighted by Gasteiger charge is -2.29. The monoisotopic (exact) mass is 257 g/mol. The zero-order chi connectivity index (χ0) is 12.7. The van der Waals surface area contributed by atoms with Crippen LogP contribution in [-0.4, -0.2) is 24.1 Å². The van der Waals surface area contributed by atoms with Crippen molar-refractivity contribution in [2.45, 2.75) is 65.8 Å². The van der Waals surface area contributed by atoms with Crippen LogP contribution in [0.4, 0.5) is 0 Å². The van der Waals surface area contributed by atoms with Gasteiger partial charge in [0.15, 0.2) is 0 Å². The van der Waals surface area contributed by atoms with Crippen molar-refractivity contribution < 1.29 is 0 Å². The minimum absolute atomic E-state index is 0.482. The van der Waals surface area contributed by atoms with Crippen LogP contribution >= 0.6 is 11.8 Å². The van der Waals surface area contributed by atoms with E-state index in [1.165, 1.54) is 43.6 Å². The predicted molar refractivity (Wildman–Crippen MR) is 80.8 cm³/mol. The van der Waals surface area contributed by atoms with Crippen LogP contribution in [0.15, 0.2) is 0 Å². The Labute approximate surface area is 113 Å². The molecule has 2 heteroatoms. The molecule has 1 N–H and O–H groups in total. The lowest BCUT2D eigenvalue weighted by Crippen LogP contribution is -2.33. The molecule has 0 spiro atoms. The molecule has 102 valence electrons. The Morgan fingerprint density at radius 2 is 1.88 bits per heavy atom. The van der Waals surface area contributed by atoms with Gasteiger partial charge in [0.25, 0.3) is 0 Å². The van der Waals surface area contributed by atoms with Gasteiger partial charge in [0.1, 0.15) is 0 Å². The van der Waals surface area contributed by atoms with Gasteiger partial charge in [0, 0.05) is 6.04 Å². The first kappa shape index (κ1) is 15.4. The van der Waals surface area contributed by atoms with Crippen molar-refractivity contribution in [2.75, 3.05) is 18.1 Å². The number of nitrogens with one attached hydrogen (secondary N) is 1. The zero-order valence-electron chi connectivity index (χ0n) is 12.2.